The van der Waals surface area contributed by atoms with Crippen molar-refractivity contribution in [3.8, 4) is 5.69 Å². The van der Waals surface area contributed by atoms with Gasteiger partial charge in [0.2, 0.25) is 10.0 Å². The minimum atomic E-state index is -3.58. The third kappa shape index (κ3) is 4.58. The van der Waals surface area contributed by atoms with Gasteiger partial charge in [-0.1, -0.05) is 12.8 Å². The van der Waals surface area contributed by atoms with Gasteiger partial charge in [0.25, 0.3) is 5.91 Å². The van der Waals surface area contributed by atoms with Crippen molar-refractivity contribution in [2.45, 2.75) is 37.5 Å². The molecule has 1 fully saturated rings. The van der Waals surface area contributed by atoms with E-state index in [0.717, 1.165) is 25.7 Å². The number of rotatable bonds is 5. The first-order chi connectivity index (χ1) is 15.4. The molecule has 4 rings (SSSR count). The number of hydrogen-bond acceptors (Lipinski definition) is 4. The lowest BCUT2D eigenvalue weighted by Gasteiger charge is -2.20. The minimum Gasteiger partial charge on any atom is -0.322 e. The fraction of sp³-hybridized carbons (Fsp3) is 0.304. The summed E-state index contributed by atoms with van der Waals surface area (Å²) in [6, 6.07) is 10.2. The van der Waals surface area contributed by atoms with E-state index >= 15 is 0 Å². The lowest BCUT2D eigenvalue weighted by atomic mass is 10.2. The molecule has 32 heavy (non-hydrogen) atoms. The van der Waals surface area contributed by atoms with Crippen molar-refractivity contribution in [3.63, 3.8) is 0 Å². The van der Waals surface area contributed by atoms with Crippen LogP contribution in [0.2, 0.25) is 0 Å². The zero-order chi connectivity index (χ0) is 22.7. The van der Waals surface area contributed by atoms with E-state index < -0.39 is 21.7 Å². The van der Waals surface area contributed by atoms with E-state index in [1.165, 1.54) is 34.6 Å². The van der Waals surface area contributed by atoms with E-state index in [9.17, 15) is 17.6 Å². The Bertz CT molecular complexity index is 1210. The highest BCUT2D eigenvalue weighted by Gasteiger charge is 2.25. The van der Waals surface area contributed by atoms with E-state index in [4.69, 9.17) is 0 Å². The number of imidazole rings is 1. The van der Waals surface area contributed by atoms with Crippen molar-refractivity contribution in [1.29, 1.82) is 0 Å². The number of nitrogens with zero attached hydrogens (tertiary/aromatic N) is 3. The second-order valence-corrected chi connectivity index (χ2v) is 9.75. The van der Waals surface area contributed by atoms with Gasteiger partial charge in [-0.15, -0.1) is 0 Å². The normalized spacial score (nSPS) is 15.3. The van der Waals surface area contributed by atoms with Gasteiger partial charge >= 0.3 is 0 Å². The molecule has 2 aromatic carbocycles. The van der Waals surface area contributed by atoms with E-state index in [1.807, 2.05) is 0 Å². The summed E-state index contributed by atoms with van der Waals surface area (Å²) in [4.78, 5) is 16.8. The van der Waals surface area contributed by atoms with Crippen LogP contribution in [0.15, 0.2) is 59.8 Å². The summed E-state index contributed by atoms with van der Waals surface area (Å²) in [6.45, 7) is 2.81. The van der Waals surface area contributed by atoms with Gasteiger partial charge in [0.15, 0.2) is 0 Å². The van der Waals surface area contributed by atoms with Gasteiger partial charge in [0, 0.05) is 36.7 Å². The highest BCUT2D eigenvalue weighted by molar-refractivity contribution is 7.89. The van der Waals surface area contributed by atoms with Crippen LogP contribution in [0.25, 0.3) is 5.69 Å². The molecule has 1 aliphatic rings. The molecule has 3 aromatic rings. The van der Waals surface area contributed by atoms with Crippen LogP contribution >= 0.6 is 0 Å². The van der Waals surface area contributed by atoms with Crippen LogP contribution in [0.3, 0.4) is 0 Å². The average molecular weight is 457 g/mol. The van der Waals surface area contributed by atoms with E-state index in [1.54, 1.807) is 36.0 Å². The van der Waals surface area contributed by atoms with Crippen molar-refractivity contribution in [2.75, 3.05) is 18.4 Å². The number of anilines is 1. The molecular formula is C23H25FN4O3S. The Kier molecular flexibility index (Phi) is 6.38. The monoisotopic (exact) mass is 456 g/mol. The zero-order valence-corrected chi connectivity index (χ0v) is 18.6. The lowest BCUT2D eigenvalue weighted by molar-refractivity contribution is 0.102. The van der Waals surface area contributed by atoms with Gasteiger partial charge in [-0.2, -0.15) is 4.31 Å². The third-order valence-electron chi connectivity index (χ3n) is 5.61. The second-order valence-electron chi connectivity index (χ2n) is 7.81. The fourth-order valence-electron chi connectivity index (χ4n) is 3.83. The summed E-state index contributed by atoms with van der Waals surface area (Å²) in [5.74, 6) is -0.298. The summed E-state index contributed by atoms with van der Waals surface area (Å²) in [5.41, 5.74) is 0.922. The van der Waals surface area contributed by atoms with Crippen molar-refractivity contribution in [3.05, 3.63) is 72.1 Å². The smallest absolute Gasteiger partial charge is 0.255 e. The molecule has 7 nitrogen and oxygen atoms in total. The Morgan fingerprint density at radius 2 is 1.72 bits per heavy atom. The SMILES string of the molecule is Cc1nccn1-c1ccc(NC(=O)c2ccc(S(=O)(=O)N3CCCCCC3)cc2)cc1F. The van der Waals surface area contributed by atoms with E-state index in [0.29, 0.717) is 30.3 Å². The van der Waals surface area contributed by atoms with Gasteiger partial charge in [0.05, 0.1) is 10.6 Å². The molecule has 1 aliphatic heterocycles. The first-order valence-corrected chi connectivity index (χ1v) is 12.0. The molecule has 0 unspecified atom stereocenters. The van der Waals surface area contributed by atoms with Gasteiger partial charge in [-0.05, 0) is 62.2 Å². The lowest BCUT2D eigenvalue weighted by Crippen LogP contribution is -2.31. The van der Waals surface area contributed by atoms with Crippen LogP contribution in [0.4, 0.5) is 10.1 Å². The van der Waals surface area contributed by atoms with Crippen LogP contribution in [-0.2, 0) is 10.0 Å². The molecule has 1 N–H and O–H groups in total. The van der Waals surface area contributed by atoms with E-state index in [2.05, 4.69) is 10.3 Å². The number of amides is 1. The fourth-order valence-corrected chi connectivity index (χ4v) is 5.34. The van der Waals surface area contributed by atoms with Crippen LogP contribution in [0, 0.1) is 12.7 Å². The Hall–Kier alpha value is -3.04. The Morgan fingerprint density at radius 3 is 2.31 bits per heavy atom. The number of aromatic nitrogens is 2. The highest BCUT2D eigenvalue weighted by Crippen LogP contribution is 2.22. The summed E-state index contributed by atoms with van der Waals surface area (Å²) >= 11 is 0. The van der Waals surface area contributed by atoms with Crippen LogP contribution in [-0.4, -0.2) is 41.3 Å². The first kappa shape index (κ1) is 22.2. The van der Waals surface area contributed by atoms with Crippen molar-refractivity contribution < 1.29 is 17.6 Å². The molecule has 0 aliphatic carbocycles. The van der Waals surface area contributed by atoms with Crippen molar-refractivity contribution >= 4 is 21.6 Å². The quantitative estimate of drug-likeness (QED) is 0.626. The summed E-state index contributed by atoms with van der Waals surface area (Å²) in [7, 11) is -3.58. The Morgan fingerprint density at radius 1 is 1.03 bits per heavy atom. The first-order valence-electron chi connectivity index (χ1n) is 10.6. The molecule has 0 bridgehead atoms. The second kappa shape index (κ2) is 9.22. The molecule has 1 saturated heterocycles. The Labute approximate surface area is 186 Å². The molecule has 9 heteroatoms. The number of carbonyl (C=O) groups is 1. The van der Waals surface area contributed by atoms with E-state index in [-0.39, 0.29) is 10.5 Å². The maximum atomic E-state index is 14.6. The molecule has 0 saturated carbocycles. The number of nitrogens with one attached hydrogen (secondary N) is 1. The van der Waals surface area contributed by atoms with Crippen LogP contribution in [0.5, 0.6) is 0 Å². The maximum Gasteiger partial charge on any atom is 0.255 e. The summed E-state index contributed by atoms with van der Waals surface area (Å²) < 4.78 is 43.5. The standard InChI is InChI=1S/C23H25FN4O3S/c1-17-25-12-15-28(17)22-11-8-19(16-21(22)24)26-23(29)18-6-9-20(10-7-18)32(30,31)27-13-4-2-3-5-14-27/h6-12,15-16H,2-5,13-14H2,1H3,(H,26,29). The number of halogens is 1. The largest absolute Gasteiger partial charge is 0.322 e. The van der Waals surface area contributed by atoms with Crippen molar-refractivity contribution in [1.82, 2.24) is 13.9 Å². The molecule has 1 aromatic heterocycles. The number of hydrogen-bond donors (Lipinski definition) is 1. The number of benzene rings is 2. The third-order valence-corrected chi connectivity index (χ3v) is 7.52. The Balaban J connectivity index is 1.47. The predicted octanol–water partition coefficient (Wildman–Crippen LogP) is 4.14. The maximum absolute atomic E-state index is 14.6. The average Bonchev–Trinajstić information content (AvgIpc) is 3.01. The van der Waals surface area contributed by atoms with Gasteiger partial charge in [0.1, 0.15) is 11.6 Å². The highest BCUT2D eigenvalue weighted by atomic mass is 32.2. The van der Waals surface area contributed by atoms with Crippen LogP contribution in [0.1, 0.15) is 41.9 Å². The summed E-state index contributed by atoms with van der Waals surface area (Å²) in [6.07, 6.45) is 7.03. The van der Waals surface area contributed by atoms with Crippen molar-refractivity contribution in [2.24, 2.45) is 0 Å². The molecular weight excluding hydrogens is 431 g/mol. The number of sulfonamides is 1. The van der Waals surface area contributed by atoms with Gasteiger partial charge in [-0.25, -0.2) is 17.8 Å². The topological polar surface area (TPSA) is 84.3 Å². The summed E-state index contributed by atoms with van der Waals surface area (Å²) in [5, 5.41) is 2.65. The molecule has 1 amide bonds. The minimum absolute atomic E-state index is 0.169. The van der Waals surface area contributed by atoms with Crippen LogP contribution < -0.4 is 5.32 Å². The zero-order valence-electron chi connectivity index (χ0n) is 17.8. The molecule has 0 radical (unpaired) electrons. The molecule has 0 atom stereocenters. The number of aryl methyl sites for hydroxylation is 1. The molecule has 0 spiro atoms. The van der Waals surface area contributed by atoms with Gasteiger partial charge in [-0.3, -0.25) is 4.79 Å². The predicted molar refractivity (Wildman–Crippen MR) is 120 cm³/mol. The molecule has 168 valence electrons. The van der Waals surface area contributed by atoms with Gasteiger partial charge < -0.3 is 9.88 Å². The number of carbonyl (C=O) groups excluding carboxylic acids is 1. The molecule has 2 heterocycles.